The fourth-order valence-corrected chi connectivity index (χ4v) is 1.77. The number of carboxylic acid groups (broad SMARTS) is 2. The van der Waals surface area contributed by atoms with Gasteiger partial charge in [0, 0.05) is 0 Å². The highest BCUT2D eigenvalue weighted by atomic mass is 16.6. The molecule has 0 spiro atoms. The van der Waals surface area contributed by atoms with Crippen LogP contribution in [0.15, 0.2) is 60.7 Å². The Balaban J connectivity index is 2.22. The molecule has 0 aromatic heterocycles. The van der Waals surface area contributed by atoms with E-state index in [1.807, 2.05) is 0 Å². The minimum absolute atomic E-state index is 0.248. The zero-order valence-electron chi connectivity index (χ0n) is 11.5. The van der Waals surface area contributed by atoms with Crippen LogP contribution in [-0.4, -0.2) is 34.4 Å². The third-order valence-corrected chi connectivity index (χ3v) is 2.77. The van der Waals surface area contributed by atoms with Crippen molar-refractivity contribution in [1.82, 2.24) is 0 Å². The van der Waals surface area contributed by atoms with Gasteiger partial charge in [-0.1, -0.05) is 36.4 Å². The molecule has 2 aromatic rings. The molecule has 0 aliphatic carbocycles. The maximum absolute atomic E-state index is 11.4. The number of carboxylic acids is 2. The van der Waals surface area contributed by atoms with Gasteiger partial charge in [0.25, 0.3) is 0 Å². The molecule has 2 aromatic carbocycles. The number of rotatable bonds is 7. The molecule has 0 fully saturated rings. The summed E-state index contributed by atoms with van der Waals surface area (Å²) in [6, 6.07) is 16.2. The summed E-state index contributed by atoms with van der Waals surface area (Å²) in [5.41, 5.74) is 0. The second-order valence-electron chi connectivity index (χ2n) is 4.38. The number of aliphatic carboxylic acids is 2. The van der Waals surface area contributed by atoms with Crippen LogP contribution in [0.4, 0.5) is 0 Å². The molecule has 6 nitrogen and oxygen atoms in total. The zero-order chi connectivity index (χ0) is 15.9. The largest absolute Gasteiger partial charge is 0.478 e. The predicted octanol–water partition coefficient (Wildman–Crippen LogP) is 2.05. The molecular formula is C16H14O6. The maximum Gasteiger partial charge on any atom is 0.349 e. The summed E-state index contributed by atoms with van der Waals surface area (Å²) in [4.78, 5) is 22.7. The SMILES string of the molecule is O=C(O)[C@H](Oc1ccccc1)[C@@H](Oc1ccccc1)C(=O)O. The summed E-state index contributed by atoms with van der Waals surface area (Å²) in [5, 5.41) is 18.5. The van der Waals surface area contributed by atoms with E-state index in [9.17, 15) is 19.8 Å². The fraction of sp³-hybridized carbons (Fsp3) is 0.125. The van der Waals surface area contributed by atoms with Crippen molar-refractivity contribution in [2.45, 2.75) is 12.2 Å². The van der Waals surface area contributed by atoms with E-state index in [-0.39, 0.29) is 11.5 Å². The number of ether oxygens (including phenoxy) is 2. The molecule has 0 radical (unpaired) electrons. The smallest absolute Gasteiger partial charge is 0.349 e. The highest BCUT2D eigenvalue weighted by Crippen LogP contribution is 2.18. The van der Waals surface area contributed by atoms with Gasteiger partial charge in [0.05, 0.1) is 0 Å². The lowest BCUT2D eigenvalue weighted by atomic mass is 10.2. The second kappa shape index (κ2) is 7.12. The van der Waals surface area contributed by atoms with Gasteiger partial charge < -0.3 is 19.7 Å². The molecular weight excluding hydrogens is 288 g/mol. The van der Waals surface area contributed by atoms with Crippen LogP contribution in [0.3, 0.4) is 0 Å². The zero-order valence-corrected chi connectivity index (χ0v) is 11.5. The Labute approximate surface area is 126 Å². The Morgan fingerprint density at radius 1 is 0.682 bits per heavy atom. The van der Waals surface area contributed by atoms with Crippen LogP contribution in [0.25, 0.3) is 0 Å². The molecule has 2 rings (SSSR count). The van der Waals surface area contributed by atoms with E-state index >= 15 is 0 Å². The fourth-order valence-electron chi connectivity index (χ4n) is 1.77. The Morgan fingerprint density at radius 2 is 1.00 bits per heavy atom. The molecule has 0 amide bonds. The standard InChI is InChI=1S/C16H14O6/c17-15(18)13(21-11-7-3-1-4-8-11)14(16(19)20)22-12-9-5-2-6-10-12/h1-10,13-14H,(H,17,18)(H,19,20)/t13-,14-/m1/s1. The molecule has 2 N–H and O–H groups in total. The first-order chi connectivity index (χ1) is 10.6. The monoisotopic (exact) mass is 302 g/mol. The molecule has 0 unspecified atom stereocenters. The number of hydrogen-bond donors (Lipinski definition) is 2. The van der Waals surface area contributed by atoms with Crippen molar-refractivity contribution in [3.05, 3.63) is 60.7 Å². The quantitative estimate of drug-likeness (QED) is 0.813. The molecule has 0 bridgehead atoms. The molecule has 0 aliphatic heterocycles. The van der Waals surface area contributed by atoms with Crippen molar-refractivity contribution < 1.29 is 29.3 Å². The summed E-state index contributed by atoms with van der Waals surface area (Å²) >= 11 is 0. The molecule has 6 heteroatoms. The first-order valence-electron chi connectivity index (χ1n) is 6.47. The van der Waals surface area contributed by atoms with Crippen molar-refractivity contribution in [1.29, 1.82) is 0 Å². The first-order valence-corrected chi connectivity index (χ1v) is 6.47. The van der Waals surface area contributed by atoms with Crippen LogP contribution in [0.1, 0.15) is 0 Å². The van der Waals surface area contributed by atoms with Crippen molar-refractivity contribution in [2.75, 3.05) is 0 Å². The number of para-hydroxylation sites is 2. The lowest BCUT2D eigenvalue weighted by Crippen LogP contribution is -2.47. The van der Waals surface area contributed by atoms with E-state index in [2.05, 4.69) is 0 Å². The Bertz CT molecular complexity index is 568. The average Bonchev–Trinajstić information content (AvgIpc) is 2.52. The molecule has 0 saturated heterocycles. The molecule has 0 heterocycles. The lowest BCUT2D eigenvalue weighted by Gasteiger charge is -2.22. The van der Waals surface area contributed by atoms with Gasteiger partial charge in [-0.3, -0.25) is 0 Å². The second-order valence-corrected chi connectivity index (χ2v) is 4.38. The number of carbonyl (C=O) groups is 2. The molecule has 22 heavy (non-hydrogen) atoms. The van der Waals surface area contributed by atoms with Gasteiger partial charge in [0.2, 0.25) is 12.2 Å². The van der Waals surface area contributed by atoms with Crippen LogP contribution >= 0.6 is 0 Å². The van der Waals surface area contributed by atoms with E-state index in [0.717, 1.165) is 0 Å². The highest BCUT2D eigenvalue weighted by molar-refractivity contribution is 5.84. The third-order valence-electron chi connectivity index (χ3n) is 2.77. The lowest BCUT2D eigenvalue weighted by molar-refractivity contribution is -0.161. The summed E-state index contributed by atoms with van der Waals surface area (Å²) in [6.07, 6.45) is -3.36. The van der Waals surface area contributed by atoms with Gasteiger partial charge >= 0.3 is 11.9 Å². The van der Waals surface area contributed by atoms with Crippen molar-refractivity contribution in [3.8, 4) is 11.5 Å². The van der Waals surface area contributed by atoms with Crippen LogP contribution in [-0.2, 0) is 9.59 Å². The minimum atomic E-state index is -1.68. The summed E-state index contributed by atoms with van der Waals surface area (Å²) in [6.45, 7) is 0. The molecule has 2 atom stereocenters. The summed E-state index contributed by atoms with van der Waals surface area (Å²) in [7, 11) is 0. The third kappa shape index (κ3) is 3.99. The van der Waals surface area contributed by atoms with Crippen LogP contribution < -0.4 is 9.47 Å². The number of benzene rings is 2. The minimum Gasteiger partial charge on any atom is -0.478 e. The normalized spacial score (nSPS) is 12.9. The van der Waals surface area contributed by atoms with Crippen molar-refractivity contribution in [2.24, 2.45) is 0 Å². The van der Waals surface area contributed by atoms with Gasteiger partial charge in [-0.25, -0.2) is 9.59 Å². The molecule has 114 valence electrons. The van der Waals surface area contributed by atoms with E-state index in [1.165, 1.54) is 24.3 Å². The van der Waals surface area contributed by atoms with Gasteiger partial charge in [-0.05, 0) is 24.3 Å². The van der Waals surface area contributed by atoms with Gasteiger partial charge in [-0.15, -0.1) is 0 Å². The van der Waals surface area contributed by atoms with Crippen molar-refractivity contribution in [3.63, 3.8) is 0 Å². The predicted molar refractivity (Wildman–Crippen MR) is 77.0 cm³/mol. The maximum atomic E-state index is 11.4. The van der Waals surface area contributed by atoms with E-state index in [1.54, 1.807) is 36.4 Å². The van der Waals surface area contributed by atoms with Crippen LogP contribution in [0.5, 0.6) is 11.5 Å². The Hall–Kier alpha value is -3.02. The van der Waals surface area contributed by atoms with Gasteiger partial charge in [-0.2, -0.15) is 0 Å². The molecule has 0 saturated carbocycles. The summed E-state index contributed by atoms with van der Waals surface area (Å²) < 4.78 is 10.5. The Morgan fingerprint density at radius 3 is 1.27 bits per heavy atom. The van der Waals surface area contributed by atoms with E-state index in [0.29, 0.717) is 0 Å². The number of hydrogen-bond acceptors (Lipinski definition) is 4. The Kier molecular flexibility index (Phi) is 4.98. The van der Waals surface area contributed by atoms with Crippen LogP contribution in [0, 0.1) is 0 Å². The topological polar surface area (TPSA) is 93.1 Å². The molecule has 0 aliphatic rings. The average molecular weight is 302 g/mol. The van der Waals surface area contributed by atoms with E-state index < -0.39 is 24.1 Å². The van der Waals surface area contributed by atoms with Gasteiger partial charge in [0.1, 0.15) is 11.5 Å². The summed E-state index contributed by atoms with van der Waals surface area (Å²) in [5.74, 6) is -2.35. The first kappa shape index (κ1) is 15.4. The van der Waals surface area contributed by atoms with Crippen LogP contribution in [0.2, 0.25) is 0 Å². The van der Waals surface area contributed by atoms with Gasteiger partial charge in [0.15, 0.2) is 0 Å². The highest BCUT2D eigenvalue weighted by Gasteiger charge is 2.38. The van der Waals surface area contributed by atoms with Crippen molar-refractivity contribution >= 4 is 11.9 Å². The van der Waals surface area contributed by atoms with E-state index in [4.69, 9.17) is 9.47 Å².